The molecular weight excluding hydrogens is 442 g/mol. The molecule has 0 N–H and O–H groups in total. The van der Waals surface area contributed by atoms with Gasteiger partial charge in [0.1, 0.15) is 0 Å². The third kappa shape index (κ3) is 4.33. The first-order chi connectivity index (χ1) is 15.4. The summed E-state index contributed by atoms with van der Waals surface area (Å²) in [5.41, 5.74) is 2.47. The van der Waals surface area contributed by atoms with Gasteiger partial charge in [-0.1, -0.05) is 23.5 Å². The number of fused-ring (bicyclic) bond motifs is 1. The molecule has 8 heteroatoms. The molecule has 0 spiro atoms. The van der Waals surface area contributed by atoms with Gasteiger partial charge in [0.05, 0.1) is 27.9 Å². The maximum absolute atomic E-state index is 13.5. The quantitative estimate of drug-likeness (QED) is 0.427. The number of ether oxygens (including phenoxy) is 1. The lowest BCUT2D eigenvalue weighted by atomic mass is 9.96. The second kappa shape index (κ2) is 9.26. The summed E-state index contributed by atoms with van der Waals surface area (Å²) in [7, 11) is 0. The number of hydrogen-bond donors (Lipinski definition) is 0. The number of hydrogen-bond acceptors (Lipinski definition) is 7. The molecule has 2 aromatic heterocycles. The largest absolute Gasteiger partial charge is 0.459 e. The van der Waals surface area contributed by atoms with Crippen molar-refractivity contribution in [3.05, 3.63) is 90.9 Å². The van der Waals surface area contributed by atoms with Crippen LogP contribution in [-0.4, -0.2) is 27.9 Å². The van der Waals surface area contributed by atoms with Crippen LogP contribution >= 0.6 is 23.1 Å². The average molecular weight is 466 g/mol. The van der Waals surface area contributed by atoms with Crippen LogP contribution in [0.5, 0.6) is 0 Å². The van der Waals surface area contributed by atoms with E-state index in [2.05, 4.69) is 9.98 Å². The third-order valence-corrected chi connectivity index (χ3v) is 6.75. The minimum Gasteiger partial charge on any atom is -0.459 e. The molecule has 1 aliphatic rings. The summed E-state index contributed by atoms with van der Waals surface area (Å²) >= 11 is 2.95. The van der Waals surface area contributed by atoms with E-state index in [0.717, 1.165) is 16.0 Å². The number of thioether (sulfide) groups is 1. The highest BCUT2D eigenvalue weighted by atomic mass is 32.2. The van der Waals surface area contributed by atoms with Crippen LogP contribution < -0.4 is 14.9 Å². The summed E-state index contributed by atoms with van der Waals surface area (Å²) < 4.78 is 7.68. The lowest BCUT2D eigenvalue weighted by Gasteiger charge is -2.25. The average Bonchev–Trinajstić information content (AvgIpc) is 3.07. The minimum atomic E-state index is -0.604. The van der Waals surface area contributed by atoms with Crippen LogP contribution in [0.4, 0.5) is 0 Å². The number of aromatic nitrogens is 2. The molecule has 1 atom stereocenters. The topological polar surface area (TPSA) is 73.6 Å². The zero-order chi connectivity index (χ0) is 22.8. The van der Waals surface area contributed by atoms with Crippen LogP contribution in [0.1, 0.15) is 37.9 Å². The number of nitrogens with zero attached hydrogens (tertiary/aromatic N) is 3. The number of esters is 1. The minimum absolute atomic E-state index is 0.188. The zero-order valence-electron chi connectivity index (χ0n) is 18.2. The van der Waals surface area contributed by atoms with Gasteiger partial charge in [-0.25, -0.2) is 9.79 Å². The van der Waals surface area contributed by atoms with Crippen molar-refractivity contribution in [2.75, 3.05) is 6.26 Å². The fourth-order valence-corrected chi connectivity index (χ4v) is 5.03. The Kier molecular flexibility index (Phi) is 6.43. The lowest BCUT2D eigenvalue weighted by Crippen LogP contribution is -2.40. The molecule has 0 aliphatic carbocycles. The highest BCUT2D eigenvalue weighted by molar-refractivity contribution is 7.98. The van der Waals surface area contributed by atoms with E-state index in [1.807, 2.05) is 48.7 Å². The van der Waals surface area contributed by atoms with Crippen LogP contribution in [0.15, 0.2) is 74.7 Å². The fourth-order valence-electron chi connectivity index (χ4n) is 3.57. The van der Waals surface area contributed by atoms with Gasteiger partial charge in [-0.05, 0) is 68.5 Å². The van der Waals surface area contributed by atoms with Crippen LogP contribution in [0, 0.1) is 0 Å². The maximum atomic E-state index is 13.5. The molecule has 3 aromatic rings. The highest BCUT2D eigenvalue weighted by Crippen LogP contribution is 2.31. The van der Waals surface area contributed by atoms with Gasteiger partial charge in [-0.3, -0.25) is 14.3 Å². The lowest BCUT2D eigenvalue weighted by molar-refractivity contribution is -0.143. The Bertz CT molecular complexity index is 1350. The van der Waals surface area contributed by atoms with Crippen molar-refractivity contribution >= 4 is 35.1 Å². The first kappa shape index (κ1) is 22.2. The van der Waals surface area contributed by atoms with E-state index in [-0.39, 0.29) is 11.7 Å². The highest BCUT2D eigenvalue weighted by Gasteiger charge is 2.33. The van der Waals surface area contributed by atoms with Crippen LogP contribution in [0.25, 0.3) is 6.08 Å². The Labute approximate surface area is 194 Å². The molecule has 0 fully saturated rings. The molecule has 3 heterocycles. The number of carbonyl (C=O) groups is 1. The molecule has 0 radical (unpaired) electrons. The van der Waals surface area contributed by atoms with Gasteiger partial charge in [0.25, 0.3) is 5.56 Å². The van der Waals surface area contributed by atoms with Crippen molar-refractivity contribution in [3.63, 3.8) is 0 Å². The number of allylic oxidation sites excluding steroid dienone is 1. The molecule has 6 nitrogen and oxygen atoms in total. The van der Waals surface area contributed by atoms with E-state index in [1.165, 1.54) is 11.3 Å². The van der Waals surface area contributed by atoms with E-state index < -0.39 is 12.0 Å². The third-order valence-electron chi connectivity index (χ3n) is 5.02. The molecular formula is C24H23N3O3S2. The molecule has 0 saturated heterocycles. The van der Waals surface area contributed by atoms with Gasteiger partial charge in [0.2, 0.25) is 0 Å². The summed E-state index contributed by atoms with van der Waals surface area (Å²) in [5, 5.41) is 0. The van der Waals surface area contributed by atoms with Crippen molar-refractivity contribution in [3.8, 4) is 0 Å². The normalized spacial score (nSPS) is 16.2. The Morgan fingerprint density at radius 2 is 1.88 bits per heavy atom. The van der Waals surface area contributed by atoms with Crippen molar-refractivity contribution in [1.82, 2.24) is 9.55 Å². The molecule has 4 rings (SSSR count). The van der Waals surface area contributed by atoms with E-state index in [1.54, 1.807) is 49.5 Å². The molecule has 0 unspecified atom stereocenters. The number of pyridine rings is 1. The summed E-state index contributed by atoms with van der Waals surface area (Å²) in [4.78, 5) is 36.9. The molecule has 1 aromatic carbocycles. The molecule has 0 bridgehead atoms. The second-order valence-electron chi connectivity index (χ2n) is 7.59. The van der Waals surface area contributed by atoms with E-state index >= 15 is 0 Å². The van der Waals surface area contributed by atoms with Crippen molar-refractivity contribution in [2.24, 2.45) is 4.99 Å². The van der Waals surface area contributed by atoms with Gasteiger partial charge in [0.15, 0.2) is 4.80 Å². The van der Waals surface area contributed by atoms with Crippen molar-refractivity contribution < 1.29 is 9.53 Å². The maximum Gasteiger partial charge on any atom is 0.338 e. The van der Waals surface area contributed by atoms with Gasteiger partial charge in [-0.2, -0.15) is 0 Å². The van der Waals surface area contributed by atoms with E-state index in [0.29, 0.717) is 20.6 Å². The number of thiazole rings is 1. The Hall–Kier alpha value is -2.97. The van der Waals surface area contributed by atoms with Gasteiger partial charge in [-0.15, -0.1) is 11.8 Å². The van der Waals surface area contributed by atoms with Crippen LogP contribution in [-0.2, 0) is 9.53 Å². The molecule has 32 heavy (non-hydrogen) atoms. The van der Waals surface area contributed by atoms with Crippen molar-refractivity contribution in [2.45, 2.75) is 37.8 Å². The van der Waals surface area contributed by atoms with E-state index in [4.69, 9.17) is 4.74 Å². The number of benzene rings is 1. The Morgan fingerprint density at radius 3 is 2.50 bits per heavy atom. The van der Waals surface area contributed by atoms with Gasteiger partial charge >= 0.3 is 5.97 Å². The molecule has 0 saturated carbocycles. The molecule has 1 aliphatic heterocycles. The number of rotatable bonds is 5. The van der Waals surface area contributed by atoms with Gasteiger partial charge < -0.3 is 4.74 Å². The molecule has 164 valence electrons. The SMILES string of the molecule is CSc1ccc([C@H]2C(C(=O)OC(C)C)=C(C)N=c3sc(=Cc4ccncc4)c(=O)n32)cc1. The second-order valence-corrected chi connectivity index (χ2v) is 9.48. The summed E-state index contributed by atoms with van der Waals surface area (Å²) in [6, 6.07) is 11.0. The number of carbonyl (C=O) groups excluding carboxylic acids is 1. The predicted octanol–water partition coefficient (Wildman–Crippen LogP) is 3.30. The first-order valence-electron chi connectivity index (χ1n) is 10.2. The monoisotopic (exact) mass is 465 g/mol. The fraction of sp³-hybridized carbons (Fsp3) is 0.250. The smallest absolute Gasteiger partial charge is 0.338 e. The molecule has 0 amide bonds. The Morgan fingerprint density at radius 1 is 1.19 bits per heavy atom. The summed E-state index contributed by atoms with van der Waals surface area (Å²) in [6.07, 6.45) is 6.92. The van der Waals surface area contributed by atoms with Crippen LogP contribution in [0.2, 0.25) is 0 Å². The van der Waals surface area contributed by atoms with Gasteiger partial charge in [0, 0.05) is 17.3 Å². The Balaban J connectivity index is 1.94. The summed E-state index contributed by atoms with van der Waals surface area (Å²) in [5.74, 6) is -0.455. The van der Waals surface area contributed by atoms with E-state index in [9.17, 15) is 9.59 Å². The zero-order valence-corrected chi connectivity index (χ0v) is 19.9. The van der Waals surface area contributed by atoms with Crippen LogP contribution in [0.3, 0.4) is 0 Å². The standard InChI is InChI=1S/C24H23N3O3S2/c1-14(2)30-23(29)20-15(3)26-24-27(21(20)17-5-7-18(31-4)8-6-17)22(28)19(32-24)13-16-9-11-25-12-10-16/h5-14,21H,1-4H3/t21-/m0/s1. The van der Waals surface area contributed by atoms with Crippen molar-refractivity contribution in [1.29, 1.82) is 0 Å². The summed E-state index contributed by atoms with van der Waals surface area (Å²) in [6.45, 7) is 5.40. The predicted molar refractivity (Wildman–Crippen MR) is 127 cm³/mol. The first-order valence-corrected chi connectivity index (χ1v) is 12.2.